The summed E-state index contributed by atoms with van der Waals surface area (Å²) in [5.41, 5.74) is 3.47. The number of imidazole rings is 1. The molecule has 0 amide bonds. The third-order valence-electron chi connectivity index (χ3n) is 3.59. The standard InChI is InChI=1S/C18H18N2O3/c1-12-4-7-18-19-15(10-20(18)9-12)11-23-16-6-5-14(13(2)21)8-17(16)22-3/h4-10H,11H2,1-3H3. The number of aromatic nitrogens is 2. The van der Waals surface area contributed by atoms with Crippen LogP contribution >= 0.6 is 0 Å². The number of methoxy groups -OCH3 is 1. The van der Waals surface area contributed by atoms with Gasteiger partial charge in [0, 0.05) is 18.0 Å². The summed E-state index contributed by atoms with van der Waals surface area (Å²) in [7, 11) is 1.56. The van der Waals surface area contributed by atoms with Gasteiger partial charge < -0.3 is 13.9 Å². The van der Waals surface area contributed by atoms with Gasteiger partial charge in [-0.3, -0.25) is 4.79 Å². The van der Waals surface area contributed by atoms with E-state index in [1.165, 1.54) is 12.5 Å². The van der Waals surface area contributed by atoms with E-state index in [1.54, 1.807) is 25.3 Å². The number of aryl methyl sites for hydroxylation is 1. The molecule has 0 radical (unpaired) electrons. The molecule has 5 nitrogen and oxygen atoms in total. The number of rotatable bonds is 5. The van der Waals surface area contributed by atoms with E-state index in [1.807, 2.05) is 35.9 Å². The molecular weight excluding hydrogens is 292 g/mol. The number of hydrogen-bond acceptors (Lipinski definition) is 4. The maximum atomic E-state index is 11.4. The largest absolute Gasteiger partial charge is 0.493 e. The second kappa shape index (κ2) is 6.12. The van der Waals surface area contributed by atoms with Crippen LogP contribution in [0.5, 0.6) is 11.5 Å². The molecular formula is C18H18N2O3. The number of benzene rings is 1. The second-order valence-corrected chi connectivity index (χ2v) is 5.41. The third kappa shape index (κ3) is 3.18. The molecule has 0 aliphatic rings. The molecule has 0 saturated heterocycles. The molecule has 3 aromatic rings. The molecule has 0 fully saturated rings. The van der Waals surface area contributed by atoms with Gasteiger partial charge in [0.25, 0.3) is 0 Å². The number of fused-ring (bicyclic) bond motifs is 1. The van der Waals surface area contributed by atoms with Crippen molar-refractivity contribution in [2.45, 2.75) is 20.5 Å². The highest BCUT2D eigenvalue weighted by Gasteiger charge is 2.10. The first-order valence-corrected chi connectivity index (χ1v) is 7.33. The molecule has 0 N–H and O–H groups in total. The van der Waals surface area contributed by atoms with E-state index in [2.05, 4.69) is 4.98 Å². The van der Waals surface area contributed by atoms with Gasteiger partial charge in [0.2, 0.25) is 0 Å². The topological polar surface area (TPSA) is 52.8 Å². The Kier molecular flexibility index (Phi) is 4.02. The summed E-state index contributed by atoms with van der Waals surface area (Å²) >= 11 is 0. The van der Waals surface area contributed by atoms with E-state index in [4.69, 9.17) is 9.47 Å². The maximum Gasteiger partial charge on any atom is 0.161 e. The zero-order chi connectivity index (χ0) is 16.4. The first kappa shape index (κ1) is 15.1. The van der Waals surface area contributed by atoms with Gasteiger partial charge in [-0.15, -0.1) is 0 Å². The number of carbonyl (C=O) groups excluding carboxylic acids is 1. The van der Waals surface area contributed by atoms with Crippen molar-refractivity contribution >= 4 is 11.4 Å². The summed E-state index contributed by atoms with van der Waals surface area (Å²) < 4.78 is 13.1. The SMILES string of the molecule is COc1cc(C(C)=O)ccc1OCc1cn2cc(C)ccc2n1. The number of ether oxygens (including phenoxy) is 2. The van der Waals surface area contributed by atoms with Crippen LogP contribution in [0.3, 0.4) is 0 Å². The smallest absolute Gasteiger partial charge is 0.161 e. The van der Waals surface area contributed by atoms with Crippen LogP contribution in [-0.4, -0.2) is 22.3 Å². The van der Waals surface area contributed by atoms with Crippen LogP contribution in [0.4, 0.5) is 0 Å². The fourth-order valence-electron chi connectivity index (χ4n) is 2.38. The van der Waals surface area contributed by atoms with E-state index in [9.17, 15) is 4.79 Å². The Bertz CT molecular complexity index is 868. The highest BCUT2D eigenvalue weighted by molar-refractivity contribution is 5.94. The average Bonchev–Trinajstić information content (AvgIpc) is 2.94. The Morgan fingerprint density at radius 1 is 1.17 bits per heavy atom. The molecule has 0 aliphatic heterocycles. The van der Waals surface area contributed by atoms with Crippen LogP contribution in [0.25, 0.3) is 5.65 Å². The van der Waals surface area contributed by atoms with Gasteiger partial charge in [0.1, 0.15) is 12.3 Å². The molecule has 23 heavy (non-hydrogen) atoms. The molecule has 2 aromatic heterocycles. The first-order chi connectivity index (χ1) is 11.1. The summed E-state index contributed by atoms with van der Waals surface area (Å²) in [5, 5.41) is 0. The van der Waals surface area contributed by atoms with Crippen molar-refractivity contribution in [3.63, 3.8) is 0 Å². The Hall–Kier alpha value is -2.82. The van der Waals surface area contributed by atoms with Crippen LogP contribution < -0.4 is 9.47 Å². The molecule has 0 atom stereocenters. The number of nitrogens with zero attached hydrogens (tertiary/aromatic N) is 2. The van der Waals surface area contributed by atoms with Crippen molar-refractivity contribution in [3.05, 3.63) is 59.5 Å². The van der Waals surface area contributed by atoms with Crippen LogP contribution in [0.15, 0.2) is 42.7 Å². The molecule has 0 spiro atoms. The molecule has 0 unspecified atom stereocenters. The monoisotopic (exact) mass is 310 g/mol. The lowest BCUT2D eigenvalue weighted by molar-refractivity contribution is 0.101. The summed E-state index contributed by atoms with van der Waals surface area (Å²) in [6.45, 7) is 3.89. The van der Waals surface area contributed by atoms with Crippen molar-refractivity contribution < 1.29 is 14.3 Å². The van der Waals surface area contributed by atoms with Crippen molar-refractivity contribution in [2.75, 3.05) is 7.11 Å². The second-order valence-electron chi connectivity index (χ2n) is 5.41. The third-order valence-corrected chi connectivity index (χ3v) is 3.59. The molecule has 2 heterocycles. The predicted octanol–water partition coefficient (Wildman–Crippen LogP) is 3.43. The zero-order valence-electron chi connectivity index (χ0n) is 13.4. The van der Waals surface area contributed by atoms with E-state index in [0.29, 0.717) is 23.7 Å². The zero-order valence-corrected chi connectivity index (χ0v) is 13.4. The Balaban J connectivity index is 1.80. The maximum absolute atomic E-state index is 11.4. The number of ketones is 1. The fraction of sp³-hybridized carbons (Fsp3) is 0.222. The van der Waals surface area contributed by atoms with E-state index in [-0.39, 0.29) is 5.78 Å². The first-order valence-electron chi connectivity index (χ1n) is 7.33. The van der Waals surface area contributed by atoms with Crippen molar-refractivity contribution in [3.8, 4) is 11.5 Å². The van der Waals surface area contributed by atoms with Gasteiger partial charge in [0.15, 0.2) is 17.3 Å². The van der Waals surface area contributed by atoms with Gasteiger partial charge in [-0.05, 0) is 43.7 Å². The summed E-state index contributed by atoms with van der Waals surface area (Å²) in [5.74, 6) is 1.12. The quantitative estimate of drug-likeness (QED) is 0.677. The van der Waals surface area contributed by atoms with Crippen LogP contribution in [0, 0.1) is 6.92 Å². The average molecular weight is 310 g/mol. The molecule has 3 rings (SSSR count). The molecule has 0 bridgehead atoms. The molecule has 5 heteroatoms. The van der Waals surface area contributed by atoms with E-state index >= 15 is 0 Å². The molecule has 0 aliphatic carbocycles. The van der Waals surface area contributed by atoms with E-state index < -0.39 is 0 Å². The molecule has 118 valence electrons. The van der Waals surface area contributed by atoms with E-state index in [0.717, 1.165) is 11.3 Å². The summed E-state index contributed by atoms with van der Waals surface area (Å²) in [6.07, 6.45) is 3.97. The van der Waals surface area contributed by atoms with Crippen molar-refractivity contribution in [1.29, 1.82) is 0 Å². The van der Waals surface area contributed by atoms with Gasteiger partial charge in [-0.1, -0.05) is 6.07 Å². The van der Waals surface area contributed by atoms with Crippen LogP contribution in [0.2, 0.25) is 0 Å². The number of pyridine rings is 1. The fourth-order valence-corrected chi connectivity index (χ4v) is 2.38. The Morgan fingerprint density at radius 3 is 2.74 bits per heavy atom. The Labute approximate surface area is 134 Å². The summed E-state index contributed by atoms with van der Waals surface area (Å²) in [6, 6.07) is 9.16. The number of carbonyl (C=O) groups is 1. The lowest BCUT2D eigenvalue weighted by atomic mass is 10.1. The number of hydrogen-bond donors (Lipinski definition) is 0. The van der Waals surface area contributed by atoms with Gasteiger partial charge in [-0.2, -0.15) is 0 Å². The van der Waals surface area contributed by atoms with Gasteiger partial charge in [-0.25, -0.2) is 4.98 Å². The molecule has 1 aromatic carbocycles. The predicted molar refractivity (Wildman–Crippen MR) is 87.3 cm³/mol. The number of Topliss-reactive ketones (excluding diaryl/α,β-unsaturated/α-hetero) is 1. The van der Waals surface area contributed by atoms with Crippen molar-refractivity contribution in [1.82, 2.24) is 9.38 Å². The lowest BCUT2D eigenvalue weighted by Crippen LogP contribution is -2.00. The van der Waals surface area contributed by atoms with Gasteiger partial charge in [0.05, 0.1) is 12.8 Å². The lowest BCUT2D eigenvalue weighted by Gasteiger charge is -2.10. The Morgan fingerprint density at radius 2 is 2.00 bits per heavy atom. The minimum atomic E-state index is -0.00873. The van der Waals surface area contributed by atoms with Crippen LogP contribution in [0.1, 0.15) is 28.5 Å². The van der Waals surface area contributed by atoms with Crippen LogP contribution in [-0.2, 0) is 6.61 Å². The normalized spacial score (nSPS) is 10.7. The molecule has 0 saturated carbocycles. The highest BCUT2D eigenvalue weighted by Crippen LogP contribution is 2.29. The van der Waals surface area contributed by atoms with Gasteiger partial charge >= 0.3 is 0 Å². The highest BCUT2D eigenvalue weighted by atomic mass is 16.5. The van der Waals surface area contributed by atoms with Crippen molar-refractivity contribution in [2.24, 2.45) is 0 Å². The minimum Gasteiger partial charge on any atom is -0.493 e. The minimum absolute atomic E-state index is 0.00873. The summed E-state index contributed by atoms with van der Waals surface area (Å²) in [4.78, 5) is 15.9.